The SMILES string of the molecule is CCC(C(=O)OC1CCCCC1)n1c(-c2ccccc2)nc2ccccc2c1=O. The van der Waals surface area contributed by atoms with Crippen LogP contribution >= 0.6 is 0 Å². The van der Waals surface area contributed by atoms with E-state index in [0.29, 0.717) is 23.1 Å². The molecule has 1 fully saturated rings. The third-order valence-electron chi connectivity index (χ3n) is 5.65. The fourth-order valence-corrected chi connectivity index (χ4v) is 4.11. The zero-order valence-corrected chi connectivity index (χ0v) is 16.7. The number of fused-ring (bicyclic) bond motifs is 1. The number of hydrogen-bond acceptors (Lipinski definition) is 4. The average molecular weight is 390 g/mol. The Balaban J connectivity index is 1.82. The molecule has 1 aliphatic rings. The van der Waals surface area contributed by atoms with Crippen LogP contribution in [0.2, 0.25) is 0 Å². The minimum atomic E-state index is -0.697. The summed E-state index contributed by atoms with van der Waals surface area (Å²) in [6.07, 6.45) is 5.58. The third-order valence-corrected chi connectivity index (χ3v) is 5.65. The number of carbonyl (C=O) groups excluding carboxylic acids is 1. The second-order valence-electron chi connectivity index (χ2n) is 7.61. The first kappa shape index (κ1) is 19.4. The van der Waals surface area contributed by atoms with Gasteiger partial charge < -0.3 is 4.74 Å². The monoisotopic (exact) mass is 390 g/mol. The third kappa shape index (κ3) is 3.95. The van der Waals surface area contributed by atoms with E-state index in [2.05, 4.69) is 0 Å². The van der Waals surface area contributed by atoms with Gasteiger partial charge in [-0.1, -0.05) is 55.8 Å². The van der Waals surface area contributed by atoms with Gasteiger partial charge in [0.1, 0.15) is 18.0 Å². The van der Waals surface area contributed by atoms with E-state index in [9.17, 15) is 9.59 Å². The van der Waals surface area contributed by atoms with Crippen molar-refractivity contribution >= 4 is 16.9 Å². The molecule has 3 aromatic rings. The normalized spacial score (nSPS) is 15.9. The molecule has 0 aliphatic heterocycles. The van der Waals surface area contributed by atoms with Gasteiger partial charge in [-0.15, -0.1) is 0 Å². The van der Waals surface area contributed by atoms with Gasteiger partial charge in [0.2, 0.25) is 0 Å². The number of ether oxygens (including phenoxy) is 1. The molecule has 2 aromatic carbocycles. The van der Waals surface area contributed by atoms with Crippen molar-refractivity contribution in [2.24, 2.45) is 0 Å². The molecular weight excluding hydrogens is 364 g/mol. The first-order valence-electron chi connectivity index (χ1n) is 10.5. The summed E-state index contributed by atoms with van der Waals surface area (Å²) in [5.41, 5.74) is 1.23. The van der Waals surface area contributed by atoms with Crippen LogP contribution in [0.15, 0.2) is 59.4 Å². The van der Waals surface area contributed by atoms with Crippen LogP contribution in [0, 0.1) is 0 Å². The predicted octanol–water partition coefficient (Wildman–Crippen LogP) is 4.89. The van der Waals surface area contributed by atoms with Crippen molar-refractivity contribution < 1.29 is 9.53 Å². The molecule has 4 rings (SSSR count). The van der Waals surface area contributed by atoms with Crippen molar-refractivity contribution in [3.63, 3.8) is 0 Å². The van der Waals surface area contributed by atoms with E-state index in [0.717, 1.165) is 31.2 Å². The van der Waals surface area contributed by atoms with Crippen LogP contribution in [0.4, 0.5) is 0 Å². The van der Waals surface area contributed by atoms with Crippen LogP contribution < -0.4 is 5.56 Å². The highest BCUT2D eigenvalue weighted by Gasteiger charge is 2.28. The number of rotatable bonds is 5. The number of benzene rings is 2. The van der Waals surface area contributed by atoms with Gasteiger partial charge in [-0.3, -0.25) is 9.36 Å². The lowest BCUT2D eigenvalue weighted by Crippen LogP contribution is -2.35. The lowest BCUT2D eigenvalue weighted by Gasteiger charge is -2.26. The molecule has 150 valence electrons. The number of nitrogens with zero attached hydrogens (tertiary/aromatic N) is 2. The molecule has 1 aromatic heterocycles. The van der Waals surface area contributed by atoms with Crippen LogP contribution in [0.25, 0.3) is 22.3 Å². The van der Waals surface area contributed by atoms with Crippen molar-refractivity contribution in [2.75, 3.05) is 0 Å². The molecule has 0 spiro atoms. The maximum Gasteiger partial charge on any atom is 0.329 e. The van der Waals surface area contributed by atoms with Crippen molar-refractivity contribution in [3.8, 4) is 11.4 Å². The molecule has 1 atom stereocenters. The maximum atomic E-state index is 13.4. The highest BCUT2D eigenvalue weighted by molar-refractivity contribution is 5.81. The molecule has 1 unspecified atom stereocenters. The summed E-state index contributed by atoms with van der Waals surface area (Å²) in [4.78, 5) is 31.3. The zero-order valence-electron chi connectivity index (χ0n) is 16.7. The molecule has 1 saturated carbocycles. The summed E-state index contributed by atoms with van der Waals surface area (Å²) in [6.45, 7) is 1.91. The second-order valence-corrected chi connectivity index (χ2v) is 7.61. The van der Waals surface area contributed by atoms with Crippen molar-refractivity contribution in [3.05, 3.63) is 65.0 Å². The summed E-state index contributed by atoms with van der Waals surface area (Å²) < 4.78 is 7.36. The first-order chi connectivity index (χ1) is 14.2. The molecule has 0 bridgehead atoms. The van der Waals surface area contributed by atoms with E-state index < -0.39 is 6.04 Å². The van der Waals surface area contributed by atoms with Crippen LogP contribution in [0.5, 0.6) is 0 Å². The zero-order chi connectivity index (χ0) is 20.2. The van der Waals surface area contributed by atoms with Crippen molar-refractivity contribution in [1.82, 2.24) is 9.55 Å². The van der Waals surface area contributed by atoms with Gasteiger partial charge in [0.05, 0.1) is 10.9 Å². The summed E-state index contributed by atoms with van der Waals surface area (Å²) in [7, 11) is 0. The summed E-state index contributed by atoms with van der Waals surface area (Å²) in [6, 6.07) is 16.1. The van der Waals surface area contributed by atoms with Gasteiger partial charge >= 0.3 is 5.97 Å². The molecule has 5 nitrogen and oxygen atoms in total. The smallest absolute Gasteiger partial charge is 0.329 e. The van der Waals surface area contributed by atoms with E-state index in [4.69, 9.17) is 9.72 Å². The molecule has 5 heteroatoms. The topological polar surface area (TPSA) is 61.2 Å². The summed E-state index contributed by atoms with van der Waals surface area (Å²) in [5, 5.41) is 0.510. The lowest BCUT2D eigenvalue weighted by atomic mass is 9.98. The quantitative estimate of drug-likeness (QED) is 0.582. The highest BCUT2D eigenvalue weighted by atomic mass is 16.5. The number of aromatic nitrogens is 2. The summed E-state index contributed by atoms with van der Waals surface area (Å²) in [5.74, 6) is 0.164. The minimum Gasteiger partial charge on any atom is -0.461 e. The summed E-state index contributed by atoms with van der Waals surface area (Å²) >= 11 is 0. The van der Waals surface area contributed by atoms with Crippen molar-refractivity contribution in [1.29, 1.82) is 0 Å². The Labute approximate surface area is 170 Å². The number of esters is 1. The van der Waals surface area contributed by atoms with Gasteiger partial charge in [-0.05, 0) is 44.2 Å². The number of para-hydroxylation sites is 1. The Morgan fingerprint density at radius 1 is 1.07 bits per heavy atom. The van der Waals surface area contributed by atoms with E-state index >= 15 is 0 Å². The Kier molecular flexibility index (Phi) is 5.74. The number of carbonyl (C=O) groups is 1. The van der Waals surface area contributed by atoms with E-state index in [1.165, 1.54) is 11.0 Å². The van der Waals surface area contributed by atoms with Gasteiger partial charge in [-0.25, -0.2) is 9.78 Å². The van der Waals surface area contributed by atoms with Crippen LogP contribution in [0.3, 0.4) is 0 Å². The average Bonchev–Trinajstić information content (AvgIpc) is 2.77. The number of hydrogen-bond donors (Lipinski definition) is 0. The van der Waals surface area contributed by atoms with Gasteiger partial charge in [0.25, 0.3) is 5.56 Å². The van der Waals surface area contributed by atoms with Crippen molar-refractivity contribution in [2.45, 2.75) is 57.6 Å². The predicted molar refractivity (Wildman–Crippen MR) is 114 cm³/mol. The molecule has 0 saturated heterocycles. The molecular formula is C24H26N2O3. The van der Waals surface area contributed by atoms with E-state index in [-0.39, 0.29) is 17.6 Å². The fraction of sp³-hybridized carbons (Fsp3) is 0.375. The van der Waals surface area contributed by atoms with Gasteiger partial charge in [0.15, 0.2) is 0 Å². The lowest BCUT2D eigenvalue weighted by molar-refractivity contribution is -0.154. The maximum absolute atomic E-state index is 13.4. The van der Waals surface area contributed by atoms with Crippen LogP contribution in [-0.2, 0) is 9.53 Å². The standard InChI is InChI=1S/C24H26N2O3/c1-2-21(24(28)29-18-13-7-4-8-14-18)26-22(17-11-5-3-6-12-17)25-20-16-10-9-15-19(20)23(26)27/h3,5-6,9-12,15-16,18,21H,2,4,7-8,13-14H2,1H3. The van der Waals surface area contributed by atoms with Gasteiger partial charge in [-0.2, -0.15) is 0 Å². The molecule has 0 radical (unpaired) electrons. The van der Waals surface area contributed by atoms with Crippen LogP contribution in [0.1, 0.15) is 51.5 Å². The molecule has 29 heavy (non-hydrogen) atoms. The fourth-order valence-electron chi connectivity index (χ4n) is 4.11. The van der Waals surface area contributed by atoms with E-state index in [1.807, 2.05) is 55.5 Å². The first-order valence-corrected chi connectivity index (χ1v) is 10.5. The molecule has 1 heterocycles. The Morgan fingerprint density at radius 2 is 1.76 bits per heavy atom. The Bertz CT molecular complexity index is 1050. The molecule has 0 amide bonds. The highest BCUT2D eigenvalue weighted by Crippen LogP contribution is 2.26. The van der Waals surface area contributed by atoms with Gasteiger partial charge in [0, 0.05) is 5.56 Å². The molecule has 0 N–H and O–H groups in total. The minimum absolute atomic E-state index is 0.0467. The second kappa shape index (κ2) is 8.60. The molecule has 1 aliphatic carbocycles. The Morgan fingerprint density at radius 3 is 2.48 bits per heavy atom. The van der Waals surface area contributed by atoms with Crippen LogP contribution in [-0.4, -0.2) is 21.6 Å². The van der Waals surface area contributed by atoms with E-state index in [1.54, 1.807) is 6.07 Å². The Hall–Kier alpha value is -2.95. The largest absolute Gasteiger partial charge is 0.461 e.